The van der Waals surface area contributed by atoms with Gasteiger partial charge in [0.15, 0.2) is 18.1 Å². The Kier molecular flexibility index (Phi) is 5.51. The Morgan fingerprint density at radius 2 is 2.17 bits per heavy atom. The Morgan fingerprint density at radius 1 is 1.31 bits per heavy atom. The number of H-pyrrole nitrogens is 1. The molecule has 150 valence electrons. The molecule has 1 amide bonds. The monoisotopic (exact) mass is 391 g/mol. The number of allylic oxidation sites excluding steroid dienone is 1. The number of fused-ring (bicyclic) bond motifs is 1. The molecule has 1 fully saturated rings. The fourth-order valence-corrected chi connectivity index (χ4v) is 3.83. The number of nitrogens with zero attached hydrogens (tertiary/aromatic N) is 2. The number of aromatic nitrogens is 2. The molecule has 3 aromatic rings. The fraction of sp³-hybridized carbons (Fsp3) is 0.304. The van der Waals surface area contributed by atoms with E-state index in [1.54, 1.807) is 7.11 Å². The molecular weight excluding hydrogens is 366 g/mol. The Bertz CT molecular complexity index is 994. The van der Waals surface area contributed by atoms with E-state index in [9.17, 15) is 4.79 Å². The van der Waals surface area contributed by atoms with E-state index in [1.807, 2.05) is 53.4 Å². The Hall–Kier alpha value is -3.28. The predicted octanol–water partition coefficient (Wildman–Crippen LogP) is 4.04. The van der Waals surface area contributed by atoms with E-state index in [4.69, 9.17) is 9.47 Å². The number of amides is 1. The fourth-order valence-electron chi connectivity index (χ4n) is 3.83. The Labute approximate surface area is 170 Å². The Morgan fingerprint density at radius 3 is 2.97 bits per heavy atom. The summed E-state index contributed by atoms with van der Waals surface area (Å²) in [7, 11) is 1.60. The average molecular weight is 391 g/mol. The van der Waals surface area contributed by atoms with Gasteiger partial charge >= 0.3 is 0 Å². The van der Waals surface area contributed by atoms with E-state index in [1.165, 1.54) is 0 Å². The van der Waals surface area contributed by atoms with Crippen LogP contribution >= 0.6 is 0 Å². The van der Waals surface area contributed by atoms with Gasteiger partial charge in [0.2, 0.25) is 0 Å². The molecule has 1 aliphatic heterocycles. The van der Waals surface area contributed by atoms with Crippen LogP contribution in [0.25, 0.3) is 11.0 Å². The lowest BCUT2D eigenvalue weighted by Crippen LogP contribution is -2.34. The number of methoxy groups -OCH3 is 1. The van der Waals surface area contributed by atoms with Crippen molar-refractivity contribution in [1.29, 1.82) is 0 Å². The van der Waals surface area contributed by atoms with Crippen LogP contribution in [-0.2, 0) is 11.2 Å². The lowest BCUT2D eigenvalue weighted by molar-refractivity contribution is -0.134. The highest BCUT2D eigenvalue weighted by molar-refractivity contribution is 5.79. The van der Waals surface area contributed by atoms with Gasteiger partial charge in [-0.25, -0.2) is 4.98 Å². The molecule has 0 saturated carbocycles. The van der Waals surface area contributed by atoms with Crippen molar-refractivity contribution in [2.45, 2.75) is 25.3 Å². The van der Waals surface area contributed by atoms with Crippen LogP contribution in [-0.4, -0.2) is 41.0 Å². The summed E-state index contributed by atoms with van der Waals surface area (Å²) >= 11 is 0. The summed E-state index contributed by atoms with van der Waals surface area (Å²) in [6.45, 7) is 4.43. The second-order valence-corrected chi connectivity index (χ2v) is 7.15. The number of carbonyl (C=O) groups is 1. The number of imidazole rings is 1. The van der Waals surface area contributed by atoms with Gasteiger partial charge in [-0.05, 0) is 49.1 Å². The molecule has 1 aromatic heterocycles. The molecule has 0 radical (unpaired) electrons. The van der Waals surface area contributed by atoms with E-state index in [0.29, 0.717) is 18.0 Å². The van der Waals surface area contributed by atoms with Crippen LogP contribution in [0.1, 0.15) is 30.3 Å². The van der Waals surface area contributed by atoms with Crippen molar-refractivity contribution < 1.29 is 14.3 Å². The third-order valence-electron chi connectivity index (χ3n) is 5.26. The zero-order chi connectivity index (χ0) is 20.2. The van der Waals surface area contributed by atoms with Crippen molar-refractivity contribution in [3.05, 3.63) is 66.5 Å². The first kappa shape index (κ1) is 19.1. The molecule has 0 unspecified atom stereocenters. The molecule has 1 aliphatic rings. The third-order valence-corrected chi connectivity index (χ3v) is 5.26. The maximum absolute atomic E-state index is 12.9. The number of likely N-dealkylation sites (tertiary alicyclic amines) is 1. The van der Waals surface area contributed by atoms with Gasteiger partial charge in [-0.3, -0.25) is 4.79 Å². The number of rotatable bonds is 7. The lowest BCUT2D eigenvalue weighted by atomic mass is 10.1. The number of ether oxygens (including phenoxy) is 2. The number of hydrogen-bond donors (Lipinski definition) is 1. The molecule has 1 atom stereocenters. The first-order valence-corrected chi connectivity index (χ1v) is 9.84. The van der Waals surface area contributed by atoms with E-state index < -0.39 is 0 Å². The van der Waals surface area contributed by atoms with Gasteiger partial charge in [0.25, 0.3) is 5.91 Å². The maximum Gasteiger partial charge on any atom is 0.261 e. The SMILES string of the molecule is C=CCc1ccc(OCC(=O)N2CCC[C@H]2c2nc3ccccc3[nH]2)c(OC)c1. The highest BCUT2D eigenvalue weighted by atomic mass is 16.5. The van der Waals surface area contributed by atoms with Crippen molar-refractivity contribution in [2.24, 2.45) is 0 Å². The topological polar surface area (TPSA) is 67.5 Å². The number of para-hydroxylation sites is 2. The summed E-state index contributed by atoms with van der Waals surface area (Å²) in [5, 5.41) is 0. The predicted molar refractivity (Wildman–Crippen MR) is 112 cm³/mol. The standard InChI is InChI=1S/C23H25N3O3/c1-3-7-16-11-12-20(21(14-16)28-2)29-15-22(27)26-13-6-10-19(26)23-24-17-8-4-5-9-18(17)25-23/h3-5,8-9,11-12,14,19H,1,6-7,10,13,15H2,2H3,(H,24,25)/t19-/m0/s1. The smallest absolute Gasteiger partial charge is 0.261 e. The van der Waals surface area contributed by atoms with E-state index in [0.717, 1.165) is 41.7 Å². The quantitative estimate of drug-likeness (QED) is 0.617. The van der Waals surface area contributed by atoms with Crippen molar-refractivity contribution >= 4 is 16.9 Å². The summed E-state index contributed by atoms with van der Waals surface area (Å²) in [5.74, 6) is 1.97. The zero-order valence-electron chi connectivity index (χ0n) is 16.6. The van der Waals surface area contributed by atoms with Crippen molar-refractivity contribution in [1.82, 2.24) is 14.9 Å². The van der Waals surface area contributed by atoms with Gasteiger partial charge in [-0.1, -0.05) is 24.3 Å². The van der Waals surface area contributed by atoms with Gasteiger partial charge in [0.05, 0.1) is 24.2 Å². The second kappa shape index (κ2) is 8.39. The van der Waals surface area contributed by atoms with Crippen LogP contribution in [0, 0.1) is 0 Å². The van der Waals surface area contributed by atoms with Crippen LogP contribution in [0.5, 0.6) is 11.5 Å². The molecule has 0 spiro atoms. The molecule has 6 heteroatoms. The first-order chi connectivity index (χ1) is 14.2. The second-order valence-electron chi connectivity index (χ2n) is 7.15. The summed E-state index contributed by atoms with van der Waals surface area (Å²) in [5.41, 5.74) is 2.99. The van der Waals surface area contributed by atoms with Crippen molar-refractivity contribution in [3.63, 3.8) is 0 Å². The van der Waals surface area contributed by atoms with Gasteiger partial charge in [-0.15, -0.1) is 6.58 Å². The van der Waals surface area contributed by atoms with Crippen LogP contribution < -0.4 is 9.47 Å². The van der Waals surface area contributed by atoms with Gasteiger partial charge in [-0.2, -0.15) is 0 Å². The zero-order valence-corrected chi connectivity index (χ0v) is 16.6. The highest BCUT2D eigenvalue weighted by Crippen LogP contribution is 2.32. The minimum atomic E-state index is -0.0508. The minimum Gasteiger partial charge on any atom is -0.493 e. The van der Waals surface area contributed by atoms with Crippen LogP contribution in [0.2, 0.25) is 0 Å². The normalized spacial score (nSPS) is 16.2. The van der Waals surface area contributed by atoms with Crippen molar-refractivity contribution in [3.8, 4) is 11.5 Å². The van der Waals surface area contributed by atoms with Gasteiger partial charge in [0.1, 0.15) is 5.82 Å². The largest absolute Gasteiger partial charge is 0.493 e. The molecule has 0 bridgehead atoms. The van der Waals surface area contributed by atoms with Gasteiger partial charge < -0.3 is 19.4 Å². The van der Waals surface area contributed by atoms with Crippen LogP contribution in [0.3, 0.4) is 0 Å². The molecule has 29 heavy (non-hydrogen) atoms. The molecular formula is C23H25N3O3. The average Bonchev–Trinajstić information content (AvgIpc) is 3.39. The summed E-state index contributed by atoms with van der Waals surface area (Å²) < 4.78 is 11.2. The molecule has 2 aromatic carbocycles. The summed E-state index contributed by atoms with van der Waals surface area (Å²) in [4.78, 5) is 22.8. The maximum atomic E-state index is 12.9. The number of hydrogen-bond acceptors (Lipinski definition) is 4. The summed E-state index contributed by atoms with van der Waals surface area (Å²) in [6.07, 6.45) is 4.44. The van der Waals surface area contributed by atoms with E-state index >= 15 is 0 Å². The minimum absolute atomic E-state index is 0.0338. The third kappa shape index (κ3) is 3.97. The van der Waals surface area contributed by atoms with E-state index in [2.05, 4.69) is 16.5 Å². The van der Waals surface area contributed by atoms with E-state index in [-0.39, 0.29) is 18.6 Å². The van der Waals surface area contributed by atoms with Crippen LogP contribution in [0.15, 0.2) is 55.1 Å². The molecule has 4 rings (SSSR count). The number of aromatic amines is 1. The molecule has 6 nitrogen and oxygen atoms in total. The number of benzene rings is 2. The first-order valence-electron chi connectivity index (χ1n) is 9.84. The molecule has 1 N–H and O–H groups in total. The number of nitrogens with one attached hydrogen (secondary N) is 1. The Balaban J connectivity index is 1.46. The molecule has 1 saturated heterocycles. The van der Waals surface area contributed by atoms with Gasteiger partial charge in [0, 0.05) is 6.54 Å². The number of carbonyl (C=O) groups excluding carboxylic acids is 1. The molecule has 0 aliphatic carbocycles. The van der Waals surface area contributed by atoms with Crippen LogP contribution in [0.4, 0.5) is 0 Å². The molecule has 2 heterocycles. The van der Waals surface area contributed by atoms with Crippen molar-refractivity contribution in [2.75, 3.05) is 20.3 Å². The summed E-state index contributed by atoms with van der Waals surface area (Å²) in [6, 6.07) is 13.6. The lowest BCUT2D eigenvalue weighted by Gasteiger charge is -2.23. The highest BCUT2D eigenvalue weighted by Gasteiger charge is 2.32.